The summed E-state index contributed by atoms with van der Waals surface area (Å²) in [6.45, 7) is 10.8. The van der Waals surface area contributed by atoms with Crippen LogP contribution in [0.2, 0.25) is 0 Å². The number of nitrogens with zero attached hydrogens (tertiary/aromatic N) is 5. The van der Waals surface area contributed by atoms with Crippen LogP contribution in [0.25, 0.3) is 0 Å². The first-order valence-electron chi connectivity index (χ1n) is 17.1. The zero-order valence-electron chi connectivity index (χ0n) is 30.0. The first-order chi connectivity index (χ1) is 22.9. The molecule has 0 radical (unpaired) electrons. The van der Waals surface area contributed by atoms with Gasteiger partial charge in [-0.3, -0.25) is 0 Å². The molecule has 1 aromatic carbocycles. The fraction of sp³-hybridized carbons (Fsp3) is 0.703. The molecule has 1 atom stereocenters. The third kappa shape index (κ3) is 55.0. The molecule has 0 aromatic heterocycles. The van der Waals surface area contributed by atoms with Crippen LogP contribution in [-0.2, 0) is 24.0 Å². The van der Waals surface area contributed by atoms with Crippen LogP contribution in [-0.4, -0.2) is 56.6 Å². The smallest absolute Gasteiger partial charge is 0.211 e. The Labute approximate surface area is 284 Å². The molecule has 0 N–H and O–H groups in total. The van der Waals surface area contributed by atoms with E-state index in [1.54, 1.807) is 19.1 Å². The molecule has 0 unspecified atom stereocenters. The Kier molecular flexibility index (Phi) is 52.1. The summed E-state index contributed by atoms with van der Waals surface area (Å²) >= 11 is 0. The molecular formula is C37H61N5O5. The molecule has 1 rings (SSSR count). The summed E-state index contributed by atoms with van der Waals surface area (Å²) in [7, 11) is 1.38. The number of carbonyl (C=O) groups excluding carboxylic acids is 5. The highest BCUT2D eigenvalue weighted by Crippen LogP contribution is 2.15. The zero-order valence-corrected chi connectivity index (χ0v) is 30.0. The van der Waals surface area contributed by atoms with Gasteiger partial charge in [-0.25, -0.2) is 43.9 Å². The summed E-state index contributed by atoms with van der Waals surface area (Å²) in [5.41, 5.74) is 1.04. The van der Waals surface area contributed by atoms with E-state index >= 15 is 0 Å². The second kappa shape index (κ2) is 49.0. The third-order valence-electron chi connectivity index (χ3n) is 6.34. The Morgan fingerprint density at radius 2 is 0.936 bits per heavy atom. The molecule has 1 aromatic rings. The van der Waals surface area contributed by atoms with Crippen LogP contribution in [0.3, 0.4) is 0 Å². The minimum Gasteiger partial charge on any atom is -0.211 e. The van der Waals surface area contributed by atoms with E-state index < -0.39 is 0 Å². The van der Waals surface area contributed by atoms with Crippen molar-refractivity contribution in [2.24, 2.45) is 25.0 Å². The summed E-state index contributed by atoms with van der Waals surface area (Å²) in [5.74, 6) is 0. The molecule has 264 valence electrons. The van der Waals surface area contributed by atoms with E-state index in [1.807, 2.05) is 51.1 Å². The van der Waals surface area contributed by atoms with Gasteiger partial charge in [0.1, 0.15) is 0 Å². The van der Waals surface area contributed by atoms with E-state index in [-0.39, 0.29) is 12.1 Å². The fourth-order valence-electron chi connectivity index (χ4n) is 3.84. The lowest BCUT2D eigenvalue weighted by Crippen LogP contribution is -1.86. The van der Waals surface area contributed by atoms with Crippen molar-refractivity contribution < 1.29 is 24.0 Å². The van der Waals surface area contributed by atoms with Gasteiger partial charge in [0.2, 0.25) is 30.4 Å². The fourth-order valence-corrected chi connectivity index (χ4v) is 3.84. The van der Waals surface area contributed by atoms with Crippen LogP contribution in [0.15, 0.2) is 55.3 Å². The summed E-state index contributed by atoms with van der Waals surface area (Å²) < 4.78 is 0. The maximum absolute atomic E-state index is 9.90. The number of unbranched alkanes of at least 4 members (excludes halogenated alkanes) is 15. The average Bonchev–Trinajstić information content (AvgIpc) is 3.08. The lowest BCUT2D eigenvalue weighted by molar-refractivity contribution is 0.529. The van der Waals surface area contributed by atoms with Gasteiger partial charge in [0.15, 0.2) is 0 Å². The first-order valence-corrected chi connectivity index (χ1v) is 17.1. The molecule has 10 nitrogen and oxygen atoms in total. The van der Waals surface area contributed by atoms with Crippen molar-refractivity contribution in [1.29, 1.82) is 0 Å². The lowest BCUT2D eigenvalue weighted by atomic mass is 10.0. The number of benzene rings is 1. The maximum Gasteiger partial charge on any atom is 0.235 e. The zero-order chi connectivity index (χ0) is 36.1. The third-order valence-corrected chi connectivity index (χ3v) is 6.34. The van der Waals surface area contributed by atoms with E-state index in [0.717, 1.165) is 12.0 Å². The van der Waals surface area contributed by atoms with Gasteiger partial charge in [0, 0.05) is 13.6 Å². The van der Waals surface area contributed by atoms with Crippen LogP contribution < -0.4 is 0 Å². The summed E-state index contributed by atoms with van der Waals surface area (Å²) in [6.07, 6.45) is 29.3. The van der Waals surface area contributed by atoms with E-state index in [2.05, 4.69) is 31.9 Å². The second-order valence-electron chi connectivity index (χ2n) is 10.8. The largest absolute Gasteiger partial charge is 0.235 e. The van der Waals surface area contributed by atoms with Crippen molar-refractivity contribution >= 4 is 30.4 Å². The van der Waals surface area contributed by atoms with Gasteiger partial charge in [-0.15, -0.1) is 0 Å². The molecule has 0 aliphatic carbocycles. The first kappa shape index (κ1) is 50.0. The number of hydrogen-bond donors (Lipinski definition) is 0. The topological polar surface area (TPSA) is 147 Å². The van der Waals surface area contributed by atoms with Crippen LogP contribution in [0.4, 0.5) is 0 Å². The van der Waals surface area contributed by atoms with Crippen molar-refractivity contribution in [3.63, 3.8) is 0 Å². The number of aliphatic imine (C=N–C) groups is 5. The van der Waals surface area contributed by atoms with Crippen molar-refractivity contribution in [1.82, 2.24) is 0 Å². The highest BCUT2D eigenvalue weighted by molar-refractivity contribution is 5.35. The van der Waals surface area contributed by atoms with Gasteiger partial charge in [-0.05, 0) is 39.7 Å². The average molecular weight is 656 g/mol. The van der Waals surface area contributed by atoms with Crippen molar-refractivity contribution in [3.05, 3.63) is 35.9 Å². The quantitative estimate of drug-likeness (QED) is 0.0734. The Balaban J connectivity index is -0.000000293. The van der Waals surface area contributed by atoms with E-state index in [0.29, 0.717) is 13.1 Å². The Morgan fingerprint density at radius 1 is 0.532 bits per heavy atom. The van der Waals surface area contributed by atoms with E-state index in [1.165, 1.54) is 122 Å². The molecule has 0 saturated heterocycles. The molecule has 10 heteroatoms. The van der Waals surface area contributed by atoms with Crippen molar-refractivity contribution in [2.45, 2.75) is 149 Å². The Bertz CT molecular complexity index is 1020. The predicted molar refractivity (Wildman–Crippen MR) is 191 cm³/mol. The molecule has 0 fully saturated rings. The lowest BCUT2D eigenvalue weighted by Gasteiger charge is -2.03. The number of rotatable bonds is 21. The molecule has 0 heterocycles. The Morgan fingerprint density at radius 3 is 1.21 bits per heavy atom. The second-order valence-corrected chi connectivity index (χ2v) is 10.8. The van der Waals surface area contributed by atoms with Crippen molar-refractivity contribution in [2.75, 3.05) is 20.1 Å². The molecule has 0 bridgehead atoms. The minimum atomic E-state index is -0.0753. The Hall–Kier alpha value is -3.88. The van der Waals surface area contributed by atoms with Gasteiger partial charge in [-0.2, -0.15) is 4.99 Å². The molecule has 47 heavy (non-hydrogen) atoms. The molecule has 0 amide bonds. The summed E-state index contributed by atoms with van der Waals surface area (Å²) in [5, 5.41) is 0. The normalized spacial score (nSPS) is 9.43. The standard InChI is InChI=1S/C19H37NO.C9H9NO.C4H7NO.C3H5NO.C2H3NO/c1-2-3-4-5-6-7-8-9-10-11-12-13-14-15-16-17-18-20-19-21;1-8(10-7-11)9-5-3-2-4-6-9;1-4(2)5-3-6;1-2-4-3-5;1-3-2-4/h2-18H2,1H3;2-6,8H,1H3;4H,1-2H3;2H2,1H3;1H3/t;8-;;;/m.0.../s1. The number of isocyanates is 5. The molecule has 0 aliphatic heterocycles. The van der Waals surface area contributed by atoms with Crippen LogP contribution >= 0.6 is 0 Å². The van der Waals surface area contributed by atoms with Gasteiger partial charge in [0.25, 0.3) is 0 Å². The van der Waals surface area contributed by atoms with Crippen LogP contribution in [0.5, 0.6) is 0 Å². The maximum atomic E-state index is 9.90. The van der Waals surface area contributed by atoms with E-state index in [4.69, 9.17) is 9.59 Å². The summed E-state index contributed by atoms with van der Waals surface area (Å²) in [6, 6.07) is 9.67. The molecular weight excluding hydrogens is 594 g/mol. The SMILES string of the molecule is CC(C)N=C=O.CCCCCCCCCCCCCCCCCCN=C=O.CCN=C=O.CN=C=O.C[C@H](N=C=O)c1ccccc1. The molecule has 0 spiro atoms. The van der Waals surface area contributed by atoms with Gasteiger partial charge in [0.05, 0.1) is 18.6 Å². The highest BCUT2D eigenvalue weighted by atomic mass is 16.1. The minimum absolute atomic E-state index is 0.0753. The van der Waals surface area contributed by atoms with Gasteiger partial charge in [-0.1, -0.05) is 134 Å². The van der Waals surface area contributed by atoms with Gasteiger partial charge < -0.3 is 0 Å². The highest BCUT2D eigenvalue weighted by Gasteiger charge is 1.99. The van der Waals surface area contributed by atoms with Crippen molar-refractivity contribution in [3.8, 4) is 0 Å². The van der Waals surface area contributed by atoms with Gasteiger partial charge >= 0.3 is 0 Å². The summed E-state index contributed by atoms with van der Waals surface area (Å²) in [4.78, 5) is 63.7. The van der Waals surface area contributed by atoms with Crippen LogP contribution in [0.1, 0.15) is 149 Å². The number of hydrogen-bond acceptors (Lipinski definition) is 10. The molecule has 0 aliphatic rings. The monoisotopic (exact) mass is 655 g/mol. The van der Waals surface area contributed by atoms with Crippen LogP contribution in [0, 0.1) is 0 Å². The van der Waals surface area contributed by atoms with E-state index in [9.17, 15) is 14.4 Å². The molecule has 0 saturated carbocycles. The predicted octanol–water partition coefficient (Wildman–Crippen LogP) is 9.69.